The summed E-state index contributed by atoms with van der Waals surface area (Å²) in [7, 11) is 6.44. The van der Waals surface area contributed by atoms with E-state index in [9.17, 15) is 0 Å². The summed E-state index contributed by atoms with van der Waals surface area (Å²) in [5.74, 6) is 3.25. The topological polar surface area (TPSA) is 79.1 Å². The second-order valence-corrected chi connectivity index (χ2v) is 6.73. The minimum Gasteiger partial charge on any atom is -0.497 e. The van der Waals surface area contributed by atoms with E-state index >= 15 is 0 Å². The smallest absolute Gasteiger partial charge is 0.203 e. The first kappa shape index (κ1) is 20.3. The van der Waals surface area contributed by atoms with E-state index in [0.717, 1.165) is 28.2 Å². The zero-order valence-corrected chi connectivity index (χ0v) is 17.9. The lowest BCUT2D eigenvalue weighted by atomic mass is 10.1. The van der Waals surface area contributed by atoms with E-state index in [4.69, 9.17) is 18.9 Å². The molecule has 2 heterocycles. The van der Waals surface area contributed by atoms with Crippen LogP contribution in [-0.2, 0) is 6.54 Å². The van der Waals surface area contributed by atoms with Crippen molar-refractivity contribution in [2.24, 2.45) is 0 Å². The molecule has 8 nitrogen and oxygen atoms in total. The van der Waals surface area contributed by atoms with Gasteiger partial charge in [-0.15, -0.1) is 0 Å². The molecule has 0 atom stereocenters. The van der Waals surface area contributed by atoms with E-state index in [0.29, 0.717) is 29.6 Å². The summed E-state index contributed by atoms with van der Waals surface area (Å²) in [6.45, 7) is 0.508. The number of nitrogens with one attached hydrogen (secondary N) is 1. The fourth-order valence-corrected chi connectivity index (χ4v) is 3.44. The molecule has 31 heavy (non-hydrogen) atoms. The molecule has 8 heteroatoms. The Morgan fingerprint density at radius 2 is 1.58 bits per heavy atom. The van der Waals surface area contributed by atoms with E-state index in [1.807, 2.05) is 53.2 Å². The molecule has 0 aliphatic rings. The van der Waals surface area contributed by atoms with Crippen molar-refractivity contribution in [1.82, 2.24) is 14.4 Å². The molecule has 4 aromatic rings. The fraction of sp³-hybridized carbons (Fsp3) is 0.217. The van der Waals surface area contributed by atoms with Crippen LogP contribution in [0.5, 0.6) is 23.0 Å². The Hall–Kier alpha value is -3.94. The number of aromatic nitrogens is 3. The first-order valence-electron chi connectivity index (χ1n) is 9.67. The number of ether oxygens (including phenoxy) is 4. The summed E-state index contributed by atoms with van der Waals surface area (Å²) in [6, 6.07) is 11.7. The molecule has 0 spiro atoms. The van der Waals surface area contributed by atoms with E-state index in [2.05, 4.69) is 15.3 Å². The average Bonchev–Trinajstić information content (AvgIpc) is 3.32. The van der Waals surface area contributed by atoms with Crippen LogP contribution >= 0.6 is 0 Å². The van der Waals surface area contributed by atoms with Crippen molar-refractivity contribution in [3.63, 3.8) is 0 Å². The molecule has 0 saturated heterocycles. The Labute approximate surface area is 180 Å². The highest BCUT2D eigenvalue weighted by Crippen LogP contribution is 2.38. The molecule has 0 radical (unpaired) electrons. The van der Waals surface area contributed by atoms with Crippen LogP contribution in [0.1, 0.15) is 5.56 Å². The number of hydrogen-bond donors (Lipinski definition) is 1. The summed E-state index contributed by atoms with van der Waals surface area (Å²) < 4.78 is 23.5. The van der Waals surface area contributed by atoms with Crippen LogP contribution in [0.3, 0.4) is 0 Å². The van der Waals surface area contributed by atoms with Gasteiger partial charge in [0.1, 0.15) is 5.75 Å². The van der Waals surface area contributed by atoms with Crippen molar-refractivity contribution in [3.8, 4) is 34.3 Å². The van der Waals surface area contributed by atoms with Crippen molar-refractivity contribution in [3.05, 3.63) is 60.6 Å². The second-order valence-electron chi connectivity index (χ2n) is 6.73. The standard InChI is InChI=1S/C23H24N4O4/c1-28-17-7-5-16(6-8-17)18-14-26-22(23-24-9-10-27(18)23)25-13-15-11-19(29-2)21(31-4)20(12-15)30-3/h5-12,14H,13H2,1-4H3,(H,25,26). The molecule has 1 N–H and O–H groups in total. The Balaban J connectivity index is 1.62. The van der Waals surface area contributed by atoms with Gasteiger partial charge in [-0.1, -0.05) is 0 Å². The van der Waals surface area contributed by atoms with Gasteiger partial charge in [0.25, 0.3) is 0 Å². The van der Waals surface area contributed by atoms with E-state index in [1.54, 1.807) is 34.6 Å². The summed E-state index contributed by atoms with van der Waals surface area (Å²) in [5, 5.41) is 3.36. The lowest BCUT2D eigenvalue weighted by Gasteiger charge is -2.15. The number of hydrogen-bond acceptors (Lipinski definition) is 7. The Morgan fingerprint density at radius 3 is 2.19 bits per heavy atom. The Bertz CT molecular complexity index is 1160. The number of nitrogens with zero attached hydrogens (tertiary/aromatic N) is 3. The van der Waals surface area contributed by atoms with Gasteiger partial charge in [0.15, 0.2) is 23.0 Å². The van der Waals surface area contributed by atoms with Crippen molar-refractivity contribution < 1.29 is 18.9 Å². The number of rotatable bonds is 8. The average molecular weight is 420 g/mol. The van der Waals surface area contributed by atoms with E-state index < -0.39 is 0 Å². The minimum atomic E-state index is 0.508. The highest BCUT2D eigenvalue weighted by Gasteiger charge is 2.14. The largest absolute Gasteiger partial charge is 0.497 e. The van der Waals surface area contributed by atoms with Crippen molar-refractivity contribution in [2.75, 3.05) is 33.8 Å². The lowest BCUT2D eigenvalue weighted by molar-refractivity contribution is 0.324. The maximum atomic E-state index is 5.44. The van der Waals surface area contributed by atoms with E-state index in [1.165, 1.54) is 0 Å². The van der Waals surface area contributed by atoms with Crippen LogP contribution in [0.25, 0.3) is 16.9 Å². The molecular weight excluding hydrogens is 396 g/mol. The zero-order chi connectivity index (χ0) is 21.8. The third kappa shape index (κ3) is 3.92. The van der Waals surface area contributed by atoms with Crippen LogP contribution in [0.4, 0.5) is 5.82 Å². The van der Waals surface area contributed by atoms with Gasteiger partial charge in [-0.25, -0.2) is 9.97 Å². The summed E-state index contributed by atoms with van der Waals surface area (Å²) >= 11 is 0. The van der Waals surface area contributed by atoms with Gasteiger partial charge in [-0.3, -0.25) is 4.40 Å². The van der Waals surface area contributed by atoms with Crippen molar-refractivity contribution in [1.29, 1.82) is 0 Å². The molecule has 2 aromatic heterocycles. The quantitative estimate of drug-likeness (QED) is 0.461. The highest BCUT2D eigenvalue weighted by molar-refractivity contribution is 5.70. The Morgan fingerprint density at radius 1 is 0.871 bits per heavy atom. The predicted octanol–water partition coefficient (Wildman–Crippen LogP) is 4.04. The number of methoxy groups -OCH3 is 4. The normalized spacial score (nSPS) is 10.7. The monoisotopic (exact) mass is 420 g/mol. The molecule has 0 fully saturated rings. The van der Waals surface area contributed by atoms with Gasteiger partial charge in [0.2, 0.25) is 5.75 Å². The van der Waals surface area contributed by atoms with E-state index in [-0.39, 0.29) is 0 Å². The first-order chi connectivity index (χ1) is 15.2. The maximum absolute atomic E-state index is 5.44. The third-order valence-corrected chi connectivity index (χ3v) is 5.00. The summed E-state index contributed by atoms with van der Waals surface area (Å²) in [4.78, 5) is 9.11. The molecule has 0 amide bonds. The molecule has 160 valence electrons. The number of imidazole rings is 1. The lowest BCUT2D eigenvalue weighted by Crippen LogP contribution is -2.06. The number of fused-ring (bicyclic) bond motifs is 1. The van der Waals surface area contributed by atoms with Gasteiger partial charge in [0, 0.05) is 24.5 Å². The fourth-order valence-electron chi connectivity index (χ4n) is 3.44. The maximum Gasteiger partial charge on any atom is 0.203 e. The van der Waals surface area contributed by atoms with Crippen LogP contribution in [-0.4, -0.2) is 42.8 Å². The third-order valence-electron chi connectivity index (χ3n) is 5.00. The summed E-state index contributed by atoms with van der Waals surface area (Å²) in [5.41, 5.74) is 3.65. The minimum absolute atomic E-state index is 0.508. The summed E-state index contributed by atoms with van der Waals surface area (Å²) in [6.07, 6.45) is 5.50. The van der Waals surface area contributed by atoms with Crippen LogP contribution in [0, 0.1) is 0 Å². The predicted molar refractivity (Wildman–Crippen MR) is 118 cm³/mol. The molecule has 0 saturated carbocycles. The first-order valence-corrected chi connectivity index (χ1v) is 9.67. The molecule has 4 rings (SSSR count). The van der Waals surface area contributed by atoms with Crippen molar-refractivity contribution in [2.45, 2.75) is 6.54 Å². The SMILES string of the molecule is COc1ccc(-c2cnc(NCc3cc(OC)c(OC)c(OC)c3)c3nccn23)cc1. The van der Waals surface area contributed by atoms with Gasteiger partial charge in [0.05, 0.1) is 40.3 Å². The molecule has 2 aromatic carbocycles. The molecule has 0 aliphatic heterocycles. The molecule has 0 unspecified atom stereocenters. The number of benzene rings is 2. The van der Waals surface area contributed by atoms with Gasteiger partial charge in [-0.05, 0) is 42.0 Å². The molecule has 0 bridgehead atoms. The van der Waals surface area contributed by atoms with Crippen LogP contribution in [0.2, 0.25) is 0 Å². The van der Waals surface area contributed by atoms with Crippen LogP contribution in [0.15, 0.2) is 55.0 Å². The number of anilines is 1. The van der Waals surface area contributed by atoms with Crippen molar-refractivity contribution >= 4 is 11.5 Å². The second kappa shape index (κ2) is 8.83. The molecule has 0 aliphatic carbocycles. The van der Waals surface area contributed by atoms with Gasteiger partial charge >= 0.3 is 0 Å². The van der Waals surface area contributed by atoms with Gasteiger partial charge in [-0.2, -0.15) is 0 Å². The highest BCUT2D eigenvalue weighted by atomic mass is 16.5. The molecular formula is C23H24N4O4. The van der Waals surface area contributed by atoms with Crippen LogP contribution < -0.4 is 24.3 Å². The Kier molecular flexibility index (Phi) is 5.79. The zero-order valence-electron chi connectivity index (χ0n) is 17.9. The van der Waals surface area contributed by atoms with Gasteiger partial charge < -0.3 is 24.3 Å².